The zero-order valence-electron chi connectivity index (χ0n) is 17.2. The number of aromatic nitrogens is 2. The molecule has 1 saturated heterocycles. The van der Waals surface area contributed by atoms with Crippen molar-refractivity contribution in [2.75, 3.05) is 29.6 Å². The van der Waals surface area contributed by atoms with Gasteiger partial charge >= 0.3 is 0 Å². The zero-order chi connectivity index (χ0) is 20.8. The van der Waals surface area contributed by atoms with Gasteiger partial charge in [-0.15, -0.1) is 0 Å². The van der Waals surface area contributed by atoms with Crippen molar-refractivity contribution in [3.63, 3.8) is 0 Å². The van der Waals surface area contributed by atoms with Gasteiger partial charge in [0.15, 0.2) is 17.2 Å². The Balaban J connectivity index is 1.54. The lowest BCUT2D eigenvalue weighted by Gasteiger charge is -2.40. The summed E-state index contributed by atoms with van der Waals surface area (Å²) in [6.07, 6.45) is 8.40. The Hall–Kier alpha value is -1.94. The third-order valence-corrected chi connectivity index (χ3v) is 7.31. The second kappa shape index (κ2) is 7.39. The first-order valence-electron chi connectivity index (χ1n) is 10.3. The molecule has 1 aliphatic carbocycles. The second-order valence-electron chi connectivity index (χ2n) is 8.69. The maximum Gasteiger partial charge on any atom is 0.272 e. The van der Waals surface area contributed by atoms with Crippen LogP contribution in [0.15, 0.2) is 6.20 Å². The number of nitrogens with zero attached hydrogens (tertiary/aromatic N) is 4. The van der Waals surface area contributed by atoms with E-state index in [2.05, 4.69) is 15.3 Å². The monoisotopic (exact) mass is 423 g/mol. The van der Waals surface area contributed by atoms with E-state index in [1.54, 1.807) is 20.0 Å². The number of hydrogen-bond acceptors (Lipinski definition) is 7. The molecule has 0 radical (unpaired) electrons. The lowest BCUT2D eigenvalue weighted by molar-refractivity contribution is -0.133. The number of fused-ring (bicyclic) bond motifs is 1. The van der Waals surface area contributed by atoms with Gasteiger partial charge in [0.2, 0.25) is 16.0 Å². The topological polar surface area (TPSA) is 105 Å². The van der Waals surface area contributed by atoms with Gasteiger partial charge in [-0.1, -0.05) is 12.8 Å². The summed E-state index contributed by atoms with van der Waals surface area (Å²) < 4.78 is 30.8. The van der Waals surface area contributed by atoms with E-state index < -0.39 is 15.6 Å². The van der Waals surface area contributed by atoms with Crippen molar-refractivity contribution in [2.24, 2.45) is 0 Å². The number of amides is 1. The first-order valence-corrected chi connectivity index (χ1v) is 12.1. The van der Waals surface area contributed by atoms with Crippen molar-refractivity contribution < 1.29 is 17.9 Å². The molecule has 160 valence electrons. The van der Waals surface area contributed by atoms with Gasteiger partial charge in [0.1, 0.15) is 0 Å². The molecule has 0 bridgehead atoms. The van der Waals surface area contributed by atoms with Gasteiger partial charge in [0, 0.05) is 25.2 Å². The minimum absolute atomic E-state index is 0.0667. The molecule has 4 rings (SSSR count). The van der Waals surface area contributed by atoms with Crippen molar-refractivity contribution >= 4 is 27.7 Å². The number of anilines is 2. The Labute approximate surface area is 171 Å². The van der Waals surface area contributed by atoms with Crippen LogP contribution in [-0.4, -0.2) is 65.6 Å². The first-order chi connectivity index (χ1) is 13.6. The Morgan fingerprint density at radius 3 is 2.45 bits per heavy atom. The number of piperidine rings is 1. The number of ether oxygens (including phenoxy) is 1. The van der Waals surface area contributed by atoms with Gasteiger partial charge in [-0.3, -0.25) is 9.69 Å². The number of carbonyl (C=O) groups is 1. The Bertz CT molecular complexity index is 890. The summed E-state index contributed by atoms with van der Waals surface area (Å²) in [5.41, 5.74) is -0.938. The maximum absolute atomic E-state index is 13.1. The fourth-order valence-electron chi connectivity index (χ4n) is 4.40. The van der Waals surface area contributed by atoms with Crippen LogP contribution < -0.4 is 15.0 Å². The minimum Gasteiger partial charge on any atom is -0.472 e. The van der Waals surface area contributed by atoms with Crippen LogP contribution in [0.2, 0.25) is 0 Å². The molecule has 9 nitrogen and oxygen atoms in total. The number of nitrogens with one attached hydrogen (secondary N) is 1. The zero-order valence-corrected chi connectivity index (χ0v) is 18.0. The van der Waals surface area contributed by atoms with E-state index in [9.17, 15) is 13.2 Å². The molecule has 10 heteroatoms. The van der Waals surface area contributed by atoms with Gasteiger partial charge in [-0.05, 0) is 39.5 Å². The minimum atomic E-state index is -3.15. The summed E-state index contributed by atoms with van der Waals surface area (Å²) >= 11 is 0. The lowest BCUT2D eigenvalue weighted by Crippen LogP contribution is -2.56. The molecule has 1 saturated carbocycles. The molecule has 1 N–H and O–H groups in total. The third kappa shape index (κ3) is 4.05. The van der Waals surface area contributed by atoms with Crippen molar-refractivity contribution in [2.45, 2.75) is 70.1 Å². The van der Waals surface area contributed by atoms with Gasteiger partial charge < -0.3 is 10.1 Å². The molecule has 1 aromatic heterocycles. The van der Waals surface area contributed by atoms with E-state index in [0.29, 0.717) is 43.4 Å². The lowest BCUT2D eigenvalue weighted by atomic mass is 10.0. The van der Waals surface area contributed by atoms with Gasteiger partial charge in [0.25, 0.3) is 5.91 Å². The molecule has 29 heavy (non-hydrogen) atoms. The standard InChI is InChI=1S/C19H29N5O4S/c1-19(2)17(25)24(14-6-4-5-7-14)16-15(28-19)12-20-18(22-16)21-13-8-10-23(11-9-13)29(3,26)27/h12-14H,4-11H2,1-3H3,(H,20,21,22). The van der Waals surface area contributed by atoms with Crippen LogP contribution in [0.4, 0.5) is 11.8 Å². The van der Waals surface area contributed by atoms with Crippen LogP contribution in [0, 0.1) is 0 Å². The summed E-state index contributed by atoms with van der Waals surface area (Å²) in [6, 6.07) is 0.229. The molecular formula is C19H29N5O4S. The summed E-state index contributed by atoms with van der Waals surface area (Å²) in [5.74, 6) is 1.44. The van der Waals surface area contributed by atoms with Crippen LogP contribution in [0.1, 0.15) is 52.4 Å². The summed E-state index contributed by atoms with van der Waals surface area (Å²) in [7, 11) is -3.15. The largest absolute Gasteiger partial charge is 0.472 e. The van der Waals surface area contributed by atoms with Crippen molar-refractivity contribution in [1.82, 2.24) is 14.3 Å². The number of carbonyl (C=O) groups excluding carboxylic acids is 1. The average Bonchev–Trinajstić information content (AvgIpc) is 3.17. The van der Waals surface area contributed by atoms with E-state index in [4.69, 9.17) is 4.74 Å². The normalized spacial score (nSPS) is 23.7. The first kappa shape index (κ1) is 20.3. The van der Waals surface area contributed by atoms with Gasteiger partial charge in [-0.2, -0.15) is 4.98 Å². The molecule has 1 amide bonds. The predicted molar refractivity (Wildman–Crippen MR) is 110 cm³/mol. The van der Waals surface area contributed by atoms with Gasteiger partial charge in [0.05, 0.1) is 12.5 Å². The highest BCUT2D eigenvalue weighted by atomic mass is 32.2. The SMILES string of the molecule is CC1(C)Oc2cnc(NC3CCN(S(C)(=O)=O)CC3)nc2N(C2CCCC2)C1=O. The molecule has 3 heterocycles. The average molecular weight is 424 g/mol. The number of sulfonamides is 1. The molecule has 0 atom stereocenters. The fraction of sp³-hybridized carbons (Fsp3) is 0.737. The Kier molecular flexibility index (Phi) is 5.18. The summed E-state index contributed by atoms with van der Waals surface area (Å²) in [5, 5.41) is 3.31. The molecule has 0 aromatic carbocycles. The molecule has 3 aliphatic rings. The summed E-state index contributed by atoms with van der Waals surface area (Å²) in [6.45, 7) is 4.51. The highest BCUT2D eigenvalue weighted by Gasteiger charge is 2.45. The smallest absolute Gasteiger partial charge is 0.272 e. The molecule has 2 aliphatic heterocycles. The molecule has 1 aromatic rings. The Morgan fingerprint density at radius 1 is 1.17 bits per heavy atom. The van der Waals surface area contributed by atoms with Crippen LogP contribution in [0.5, 0.6) is 5.75 Å². The van der Waals surface area contributed by atoms with E-state index in [1.165, 1.54) is 10.6 Å². The second-order valence-corrected chi connectivity index (χ2v) is 10.7. The van der Waals surface area contributed by atoms with Crippen molar-refractivity contribution in [3.8, 4) is 5.75 Å². The molecule has 0 spiro atoms. The van der Waals surface area contributed by atoms with E-state index in [1.807, 2.05) is 4.90 Å². The third-order valence-electron chi connectivity index (χ3n) is 6.01. The fourth-order valence-corrected chi connectivity index (χ4v) is 5.27. The van der Waals surface area contributed by atoms with Crippen molar-refractivity contribution in [1.29, 1.82) is 0 Å². The molecule has 2 fully saturated rings. The van der Waals surface area contributed by atoms with E-state index in [-0.39, 0.29) is 18.0 Å². The Morgan fingerprint density at radius 2 is 1.83 bits per heavy atom. The predicted octanol–water partition coefficient (Wildman–Crippen LogP) is 1.76. The number of rotatable bonds is 4. The van der Waals surface area contributed by atoms with E-state index in [0.717, 1.165) is 25.7 Å². The quantitative estimate of drug-likeness (QED) is 0.787. The van der Waals surface area contributed by atoms with Crippen LogP contribution >= 0.6 is 0 Å². The highest BCUT2D eigenvalue weighted by molar-refractivity contribution is 7.88. The van der Waals surface area contributed by atoms with Crippen molar-refractivity contribution in [3.05, 3.63) is 6.20 Å². The number of hydrogen-bond donors (Lipinski definition) is 1. The highest BCUT2D eigenvalue weighted by Crippen LogP contribution is 2.40. The maximum atomic E-state index is 13.1. The molecule has 0 unspecified atom stereocenters. The van der Waals surface area contributed by atoms with E-state index >= 15 is 0 Å². The van der Waals surface area contributed by atoms with Crippen LogP contribution in [0.25, 0.3) is 0 Å². The van der Waals surface area contributed by atoms with Crippen LogP contribution in [-0.2, 0) is 14.8 Å². The van der Waals surface area contributed by atoms with Gasteiger partial charge in [-0.25, -0.2) is 17.7 Å². The molecular weight excluding hydrogens is 394 g/mol. The van der Waals surface area contributed by atoms with Crippen LogP contribution in [0.3, 0.4) is 0 Å². The summed E-state index contributed by atoms with van der Waals surface area (Å²) in [4.78, 5) is 23.9.